The zero-order valence-electron chi connectivity index (χ0n) is 16.8. The van der Waals surface area contributed by atoms with Crippen molar-refractivity contribution < 1.29 is 31.3 Å². The van der Waals surface area contributed by atoms with Gasteiger partial charge in [-0.3, -0.25) is 9.59 Å². The maximum Gasteiger partial charge on any atom is 0.259 e. The van der Waals surface area contributed by atoms with Crippen LogP contribution in [0, 0.1) is 25.5 Å². The fraction of sp³-hybridized carbons (Fsp3) is 0.389. The lowest BCUT2D eigenvalue weighted by molar-refractivity contribution is -0.127. The molecule has 1 aromatic carbocycles. The molecule has 31 heavy (non-hydrogen) atoms. The number of aryl methyl sites for hydroxylation is 2. The van der Waals surface area contributed by atoms with Gasteiger partial charge in [-0.2, -0.15) is 4.31 Å². The fourth-order valence-corrected chi connectivity index (χ4v) is 5.27. The average molecular weight is 457 g/mol. The first-order valence-electron chi connectivity index (χ1n) is 9.27. The Morgan fingerprint density at radius 1 is 1.23 bits per heavy atom. The van der Waals surface area contributed by atoms with Gasteiger partial charge in [0, 0.05) is 37.8 Å². The Morgan fingerprint density at radius 2 is 1.87 bits per heavy atom. The molecule has 1 atom stereocenters. The molecule has 1 unspecified atom stereocenters. The highest BCUT2D eigenvalue weighted by Gasteiger charge is 2.48. The molecule has 0 aliphatic carbocycles. The van der Waals surface area contributed by atoms with Gasteiger partial charge in [0.15, 0.2) is 11.9 Å². The second kappa shape index (κ2) is 8.69. The molecule has 0 spiro atoms. The Hall–Kier alpha value is -2.90. The van der Waals surface area contributed by atoms with E-state index in [-0.39, 0.29) is 48.1 Å². The number of aromatic nitrogens is 1. The summed E-state index contributed by atoms with van der Waals surface area (Å²) in [6.45, 7) is 2.55. The van der Waals surface area contributed by atoms with Gasteiger partial charge >= 0.3 is 0 Å². The first-order valence-corrected chi connectivity index (χ1v) is 10.7. The molecule has 1 fully saturated rings. The molecule has 10 nitrogen and oxygen atoms in total. The molecule has 1 saturated heterocycles. The van der Waals surface area contributed by atoms with E-state index in [1.54, 1.807) is 0 Å². The molecule has 0 bridgehead atoms. The smallest absolute Gasteiger partial charge is 0.259 e. The van der Waals surface area contributed by atoms with Gasteiger partial charge in [0.2, 0.25) is 0 Å². The number of hydrogen-bond donors (Lipinski definition) is 2. The van der Waals surface area contributed by atoms with Crippen molar-refractivity contribution in [2.45, 2.75) is 24.9 Å². The third-order valence-electron chi connectivity index (χ3n) is 4.71. The van der Waals surface area contributed by atoms with Gasteiger partial charge in [-0.05, 0) is 26.0 Å². The molecule has 0 saturated carbocycles. The first kappa shape index (κ1) is 22.8. The molecular formula is C18H21F2N5O5S. The molecule has 2 heterocycles. The van der Waals surface area contributed by atoms with Crippen LogP contribution in [0.1, 0.15) is 21.8 Å². The minimum atomic E-state index is -4.30. The number of nitrogens with one attached hydrogen (secondary N) is 1. The van der Waals surface area contributed by atoms with Crippen LogP contribution in [0.5, 0.6) is 0 Å². The highest BCUT2D eigenvalue weighted by atomic mass is 32.2. The minimum Gasteiger partial charge on any atom is -0.360 e. The van der Waals surface area contributed by atoms with E-state index in [0.29, 0.717) is 6.07 Å². The van der Waals surface area contributed by atoms with Gasteiger partial charge in [-0.1, -0.05) is 5.16 Å². The Balaban J connectivity index is 2.03. The first-order chi connectivity index (χ1) is 14.6. The largest absolute Gasteiger partial charge is 0.360 e. The zero-order chi connectivity index (χ0) is 22.9. The predicted molar refractivity (Wildman–Crippen MR) is 103 cm³/mol. The Bertz CT molecular complexity index is 1080. The second-order valence-corrected chi connectivity index (χ2v) is 8.71. The van der Waals surface area contributed by atoms with Crippen LogP contribution in [0.15, 0.2) is 27.6 Å². The monoisotopic (exact) mass is 457 g/mol. The van der Waals surface area contributed by atoms with Crippen LogP contribution in [0.3, 0.4) is 0 Å². The van der Waals surface area contributed by atoms with Crippen LogP contribution in [0.25, 0.3) is 0 Å². The quantitative estimate of drug-likeness (QED) is 0.628. The summed E-state index contributed by atoms with van der Waals surface area (Å²) in [5.41, 5.74) is 5.14. The van der Waals surface area contributed by atoms with E-state index in [4.69, 9.17) is 10.3 Å². The van der Waals surface area contributed by atoms with Crippen molar-refractivity contribution in [1.29, 1.82) is 0 Å². The number of nitrogens with zero attached hydrogens (tertiary/aromatic N) is 3. The summed E-state index contributed by atoms with van der Waals surface area (Å²) in [5.74, 6) is -3.64. The van der Waals surface area contributed by atoms with Gasteiger partial charge in [-0.25, -0.2) is 17.2 Å². The topological polar surface area (TPSA) is 139 Å². The van der Waals surface area contributed by atoms with E-state index < -0.39 is 39.6 Å². The van der Waals surface area contributed by atoms with Crippen LogP contribution in [0.2, 0.25) is 0 Å². The van der Waals surface area contributed by atoms with E-state index >= 15 is 0 Å². The van der Waals surface area contributed by atoms with Gasteiger partial charge < -0.3 is 20.5 Å². The van der Waals surface area contributed by atoms with Crippen LogP contribution >= 0.6 is 0 Å². The SMILES string of the molecule is Cc1noc(C)c1S(=O)(=O)N1CCN(C(=O)c2cc(F)cc(F)c2)C1C(=O)NCCN. The number of benzene rings is 1. The predicted octanol–water partition coefficient (Wildman–Crippen LogP) is 0.117. The molecule has 168 valence electrons. The number of sulfonamides is 1. The highest BCUT2D eigenvalue weighted by Crippen LogP contribution is 2.29. The molecule has 1 aliphatic heterocycles. The number of carbonyl (C=O) groups is 2. The number of carbonyl (C=O) groups excluding carboxylic acids is 2. The van der Waals surface area contributed by atoms with E-state index in [1.807, 2.05) is 0 Å². The third kappa shape index (κ3) is 4.29. The van der Waals surface area contributed by atoms with Crippen LogP contribution in [0.4, 0.5) is 8.78 Å². The van der Waals surface area contributed by atoms with Crippen molar-refractivity contribution in [3.05, 3.63) is 46.9 Å². The van der Waals surface area contributed by atoms with Crippen molar-refractivity contribution >= 4 is 21.8 Å². The lowest BCUT2D eigenvalue weighted by Gasteiger charge is -2.28. The maximum atomic E-state index is 13.6. The zero-order valence-corrected chi connectivity index (χ0v) is 17.6. The van der Waals surface area contributed by atoms with E-state index in [9.17, 15) is 26.8 Å². The average Bonchev–Trinajstić information content (AvgIpc) is 3.29. The highest BCUT2D eigenvalue weighted by molar-refractivity contribution is 7.89. The number of amides is 2. The molecule has 13 heteroatoms. The summed E-state index contributed by atoms with van der Waals surface area (Å²) >= 11 is 0. The number of rotatable bonds is 6. The number of halogens is 2. The number of nitrogens with two attached hydrogens (primary N) is 1. The summed E-state index contributed by atoms with van der Waals surface area (Å²) in [4.78, 5) is 26.5. The molecule has 2 amide bonds. The van der Waals surface area contributed by atoms with Gasteiger partial charge in [0.1, 0.15) is 22.2 Å². The summed E-state index contributed by atoms with van der Waals surface area (Å²) in [6.07, 6.45) is -1.59. The van der Waals surface area contributed by atoms with Crippen molar-refractivity contribution in [2.24, 2.45) is 5.73 Å². The normalized spacial score (nSPS) is 17.2. The summed E-state index contributed by atoms with van der Waals surface area (Å²) in [5, 5.41) is 6.09. The Labute approximate surface area is 177 Å². The van der Waals surface area contributed by atoms with Crippen molar-refractivity contribution in [1.82, 2.24) is 19.7 Å². The molecule has 1 aromatic heterocycles. The van der Waals surface area contributed by atoms with Crippen molar-refractivity contribution in [3.63, 3.8) is 0 Å². The van der Waals surface area contributed by atoms with Gasteiger partial charge in [0.25, 0.3) is 21.8 Å². The Kier molecular flexibility index (Phi) is 6.38. The van der Waals surface area contributed by atoms with Crippen LogP contribution in [-0.4, -0.2) is 66.9 Å². The van der Waals surface area contributed by atoms with E-state index in [0.717, 1.165) is 21.3 Å². The Morgan fingerprint density at radius 3 is 2.42 bits per heavy atom. The molecule has 3 N–H and O–H groups in total. The second-order valence-electron chi connectivity index (χ2n) is 6.88. The third-order valence-corrected chi connectivity index (χ3v) is 6.81. The van der Waals surface area contributed by atoms with Gasteiger partial charge in [-0.15, -0.1) is 0 Å². The molecule has 3 rings (SSSR count). The lowest BCUT2D eigenvalue weighted by Crippen LogP contribution is -2.54. The molecule has 2 aromatic rings. The summed E-state index contributed by atoms with van der Waals surface area (Å²) in [6, 6.07) is 2.22. The summed E-state index contributed by atoms with van der Waals surface area (Å²) < 4.78 is 59.6. The number of hydrogen-bond acceptors (Lipinski definition) is 7. The van der Waals surface area contributed by atoms with Crippen LogP contribution < -0.4 is 11.1 Å². The van der Waals surface area contributed by atoms with E-state index in [1.165, 1.54) is 13.8 Å². The fourth-order valence-electron chi connectivity index (χ4n) is 3.43. The summed E-state index contributed by atoms with van der Waals surface area (Å²) in [7, 11) is -4.30. The van der Waals surface area contributed by atoms with E-state index in [2.05, 4.69) is 10.5 Å². The lowest BCUT2D eigenvalue weighted by atomic mass is 10.2. The maximum absolute atomic E-state index is 13.6. The minimum absolute atomic E-state index is 0.0237. The molecule has 0 radical (unpaired) electrons. The van der Waals surface area contributed by atoms with Crippen molar-refractivity contribution in [2.75, 3.05) is 26.2 Å². The van der Waals surface area contributed by atoms with Crippen molar-refractivity contribution in [3.8, 4) is 0 Å². The standard InChI is InChI=1S/C18H21F2N5O5S/c1-10-15(11(2)30-23-10)31(28,29)25-6-5-24(17(25)16(26)22-4-3-21)18(27)12-7-13(19)9-14(20)8-12/h7-9,17H,3-6,21H2,1-2H3,(H,22,26). The molecule has 1 aliphatic rings. The van der Waals surface area contributed by atoms with Crippen LogP contribution in [-0.2, 0) is 14.8 Å². The van der Waals surface area contributed by atoms with Gasteiger partial charge in [0.05, 0.1) is 0 Å². The molecular weight excluding hydrogens is 436 g/mol.